The molecule has 0 bridgehead atoms. The normalized spacial score (nSPS) is 10.6. The number of nitrogens with one attached hydrogen (secondary N) is 1. The molecule has 1 amide bonds. The van der Waals surface area contributed by atoms with Gasteiger partial charge in [-0.15, -0.1) is 11.3 Å². The zero-order valence-corrected chi connectivity index (χ0v) is 14.6. The van der Waals surface area contributed by atoms with E-state index in [-0.39, 0.29) is 11.7 Å². The van der Waals surface area contributed by atoms with Gasteiger partial charge in [0.1, 0.15) is 5.82 Å². The molecular weight excluding hydrogens is 343 g/mol. The van der Waals surface area contributed by atoms with Crippen molar-refractivity contribution in [1.29, 1.82) is 0 Å². The summed E-state index contributed by atoms with van der Waals surface area (Å²) in [5, 5.41) is 5.07. The number of rotatable bonds is 5. The first kappa shape index (κ1) is 16.7. The Morgan fingerprint density at radius 1 is 1.25 bits per heavy atom. The zero-order chi connectivity index (χ0) is 16.9. The molecule has 0 saturated heterocycles. The third-order valence-electron chi connectivity index (χ3n) is 3.37. The van der Waals surface area contributed by atoms with Crippen LogP contribution in [0.4, 0.5) is 9.52 Å². The minimum atomic E-state index is -0.309. The number of hydrogen-bond donors (Lipinski definition) is 1. The molecule has 0 fully saturated rings. The van der Waals surface area contributed by atoms with Gasteiger partial charge >= 0.3 is 0 Å². The van der Waals surface area contributed by atoms with Gasteiger partial charge in [0.15, 0.2) is 5.13 Å². The molecule has 3 aromatic rings. The highest BCUT2D eigenvalue weighted by atomic mass is 32.2. The van der Waals surface area contributed by atoms with E-state index in [9.17, 15) is 9.18 Å². The Labute approximate surface area is 148 Å². The van der Waals surface area contributed by atoms with Crippen molar-refractivity contribution >= 4 is 34.1 Å². The number of halogens is 1. The molecule has 3 nitrogen and oxygen atoms in total. The lowest BCUT2D eigenvalue weighted by Crippen LogP contribution is -2.11. The molecule has 0 radical (unpaired) electrons. The summed E-state index contributed by atoms with van der Waals surface area (Å²) in [6.45, 7) is 0. The summed E-state index contributed by atoms with van der Waals surface area (Å²) in [7, 11) is 0. The second kappa shape index (κ2) is 7.59. The van der Waals surface area contributed by atoms with Crippen molar-refractivity contribution in [2.75, 3.05) is 11.6 Å². The highest BCUT2D eigenvalue weighted by Gasteiger charge is 2.10. The number of carbonyl (C=O) groups excluding carboxylic acids is 1. The Morgan fingerprint density at radius 3 is 2.75 bits per heavy atom. The summed E-state index contributed by atoms with van der Waals surface area (Å²) in [5.74, 6) is 0.410. The topological polar surface area (TPSA) is 42.0 Å². The van der Waals surface area contributed by atoms with Crippen LogP contribution in [0.1, 0.15) is 15.9 Å². The highest BCUT2D eigenvalue weighted by Crippen LogP contribution is 2.25. The Bertz CT molecular complexity index is 846. The van der Waals surface area contributed by atoms with E-state index in [0.29, 0.717) is 22.0 Å². The van der Waals surface area contributed by atoms with Crippen LogP contribution in [0.2, 0.25) is 0 Å². The average molecular weight is 358 g/mol. The summed E-state index contributed by atoms with van der Waals surface area (Å²) in [6.07, 6.45) is 2.04. The Morgan fingerprint density at radius 2 is 2.04 bits per heavy atom. The predicted octanol–water partition coefficient (Wildman–Crippen LogP) is 5.06. The van der Waals surface area contributed by atoms with Crippen LogP contribution in [0.5, 0.6) is 0 Å². The molecule has 0 aliphatic heterocycles. The fraction of sp³-hybridized carbons (Fsp3) is 0.111. The Kier molecular flexibility index (Phi) is 5.27. The molecule has 2 aromatic carbocycles. The lowest BCUT2D eigenvalue weighted by molar-refractivity contribution is 0.102. The molecule has 1 aromatic heterocycles. The molecule has 24 heavy (non-hydrogen) atoms. The lowest BCUT2D eigenvalue weighted by atomic mass is 10.1. The summed E-state index contributed by atoms with van der Waals surface area (Å²) < 4.78 is 13.3. The maximum Gasteiger partial charge on any atom is 0.257 e. The molecule has 3 rings (SSSR count). The van der Waals surface area contributed by atoms with E-state index in [0.717, 1.165) is 5.75 Å². The molecule has 1 N–H and O–H groups in total. The van der Waals surface area contributed by atoms with Crippen molar-refractivity contribution in [3.8, 4) is 11.3 Å². The fourth-order valence-electron chi connectivity index (χ4n) is 2.20. The van der Waals surface area contributed by atoms with Crippen molar-refractivity contribution in [3.05, 3.63) is 70.9 Å². The van der Waals surface area contributed by atoms with E-state index in [4.69, 9.17) is 0 Å². The summed E-state index contributed by atoms with van der Waals surface area (Å²) in [6, 6.07) is 13.7. The number of carbonyl (C=O) groups is 1. The van der Waals surface area contributed by atoms with Gasteiger partial charge in [-0.2, -0.15) is 11.8 Å². The minimum Gasteiger partial charge on any atom is -0.298 e. The predicted molar refractivity (Wildman–Crippen MR) is 99.1 cm³/mol. The van der Waals surface area contributed by atoms with Gasteiger partial charge in [0.25, 0.3) is 5.91 Å². The van der Waals surface area contributed by atoms with Gasteiger partial charge in [0, 0.05) is 22.3 Å². The number of nitrogens with zero attached hydrogens (tertiary/aromatic N) is 1. The number of anilines is 1. The standard InChI is InChI=1S/C18H15FN2OS2/c1-23-10-12-5-7-13(8-6-12)17(22)21-18-20-16(11-24-18)14-3-2-4-15(19)9-14/h2-9,11H,10H2,1H3,(H,20,21,22). The molecule has 0 aliphatic carbocycles. The van der Waals surface area contributed by atoms with E-state index in [2.05, 4.69) is 10.3 Å². The number of aromatic nitrogens is 1. The smallest absolute Gasteiger partial charge is 0.257 e. The van der Waals surface area contributed by atoms with Crippen LogP contribution in [-0.2, 0) is 5.75 Å². The first-order valence-corrected chi connectivity index (χ1v) is 9.54. The molecular formula is C18H15FN2OS2. The third kappa shape index (κ3) is 4.01. The number of thiazole rings is 1. The van der Waals surface area contributed by atoms with Crippen molar-refractivity contribution < 1.29 is 9.18 Å². The van der Waals surface area contributed by atoms with Gasteiger partial charge in [-0.1, -0.05) is 24.3 Å². The van der Waals surface area contributed by atoms with Gasteiger partial charge in [-0.3, -0.25) is 10.1 Å². The van der Waals surface area contributed by atoms with Crippen LogP contribution in [0.25, 0.3) is 11.3 Å². The van der Waals surface area contributed by atoms with Crippen LogP contribution in [0, 0.1) is 5.82 Å². The molecule has 0 aliphatic rings. The van der Waals surface area contributed by atoms with E-state index in [1.165, 1.54) is 29.0 Å². The lowest BCUT2D eigenvalue weighted by Gasteiger charge is -2.03. The Balaban J connectivity index is 1.71. The fourth-order valence-corrected chi connectivity index (χ4v) is 3.44. The maximum atomic E-state index is 13.3. The van der Waals surface area contributed by atoms with Crippen LogP contribution < -0.4 is 5.32 Å². The van der Waals surface area contributed by atoms with Gasteiger partial charge in [-0.05, 0) is 36.1 Å². The average Bonchev–Trinajstić information content (AvgIpc) is 3.04. The number of hydrogen-bond acceptors (Lipinski definition) is 4. The Hall–Kier alpha value is -2.18. The van der Waals surface area contributed by atoms with Crippen LogP contribution in [-0.4, -0.2) is 17.1 Å². The summed E-state index contributed by atoms with van der Waals surface area (Å²) >= 11 is 3.05. The molecule has 0 spiro atoms. The number of thioether (sulfide) groups is 1. The summed E-state index contributed by atoms with van der Waals surface area (Å²) in [5.41, 5.74) is 3.10. The van der Waals surface area contributed by atoms with Crippen LogP contribution in [0.3, 0.4) is 0 Å². The quantitative estimate of drug-likeness (QED) is 0.693. The SMILES string of the molecule is CSCc1ccc(C(=O)Nc2nc(-c3cccc(F)c3)cs2)cc1. The van der Waals surface area contributed by atoms with E-state index in [1.54, 1.807) is 29.3 Å². The van der Waals surface area contributed by atoms with Gasteiger partial charge in [0.2, 0.25) is 0 Å². The second-order valence-electron chi connectivity index (χ2n) is 5.13. The maximum absolute atomic E-state index is 13.3. The van der Waals surface area contributed by atoms with E-state index >= 15 is 0 Å². The van der Waals surface area contributed by atoms with Gasteiger partial charge < -0.3 is 0 Å². The second-order valence-corrected chi connectivity index (χ2v) is 6.86. The third-order valence-corrected chi connectivity index (χ3v) is 4.75. The van der Waals surface area contributed by atoms with Crippen molar-refractivity contribution in [2.45, 2.75) is 5.75 Å². The van der Waals surface area contributed by atoms with Crippen molar-refractivity contribution in [1.82, 2.24) is 4.98 Å². The van der Waals surface area contributed by atoms with Crippen molar-refractivity contribution in [3.63, 3.8) is 0 Å². The minimum absolute atomic E-state index is 0.203. The first-order valence-electron chi connectivity index (χ1n) is 7.26. The zero-order valence-electron chi connectivity index (χ0n) is 13.0. The molecule has 6 heteroatoms. The largest absolute Gasteiger partial charge is 0.298 e. The number of benzene rings is 2. The summed E-state index contributed by atoms with van der Waals surface area (Å²) in [4.78, 5) is 16.6. The molecule has 0 atom stereocenters. The number of amides is 1. The molecule has 122 valence electrons. The molecule has 0 saturated carbocycles. The van der Waals surface area contributed by atoms with Gasteiger partial charge in [0.05, 0.1) is 5.69 Å². The van der Waals surface area contributed by atoms with E-state index < -0.39 is 0 Å². The van der Waals surface area contributed by atoms with Gasteiger partial charge in [-0.25, -0.2) is 9.37 Å². The van der Waals surface area contributed by atoms with Crippen LogP contribution in [0.15, 0.2) is 53.9 Å². The molecule has 1 heterocycles. The molecule has 0 unspecified atom stereocenters. The highest BCUT2D eigenvalue weighted by molar-refractivity contribution is 7.97. The first-order chi connectivity index (χ1) is 11.7. The van der Waals surface area contributed by atoms with Crippen LogP contribution >= 0.6 is 23.1 Å². The van der Waals surface area contributed by atoms with Crippen molar-refractivity contribution in [2.24, 2.45) is 0 Å². The monoisotopic (exact) mass is 358 g/mol. The van der Waals surface area contributed by atoms with E-state index in [1.807, 2.05) is 30.5 Å².